The molecule has 3 heterocycles. The molecule has 5 aromatic rings. The fourth-order valence-electron chi connectivity index (χ4n) is 3.10. The lowest BCUT2D eigenvalue weighted by Gasteiger charge is -1.99. The van der Waals surface area contributed by atoms with E-state index in [2.05, 4.69) is 25.2 Å². The van der Waals surface area contributed by atoms with Gasteiger partial charge in [0.15, 0.2) is 0 Å². The Bertz CT molecular complexity index is 1440. The van der Waals surface area contributed by atoms with Crippen molar-refractivity contribution in [1.29, 1.82) is 0 Å². The molecule has 2 N–H and O–H groups in total. The summed E-state index contributed by atoms with van der Waals surface area (Å²) in [6, 6.07) is 12.8. The topological polar surface area (TPSA) is 122 Å². The highest BCUT2D eigenvalue weighted by Gasteiger charge is 2.18. The van der Waals surface area contributed by atoms with E-state index in [1.807, 2.05) is 31.3 Å². The highest BCUT2D eigenvalue weighted by Crippen LogP contribution is 2.28. The van der Waals surface area contributed by atoms with Crippen LogP contribution in [0.2, 0.25) is 0 Å². The third-order valence-electron chi connectivity index (χ3n) is 4.35. The van der Waals surface area contributed by atoms with Gasteiger partial charge in [0.25, 0.3) is 5.89 Å². The van der Waals surface area contributed by atoms with Gasteiger partial charge in [0.2, 0.25) is 5.82 Å². The molecule has 5 rings (SSSR count). The van der Waals surface area contributed by atoms with Crippen LogP contribution in [-0.2, 0) is 7.05 Å². The maximum atomic E-state index is 11.5. The van der Waals surface area contributed by atoms with E-state index in [4.69, 9.17) is 4.52 Å². The van der Waals surface area contributed by atoms with Crippen molar-refractivity contribution in [3.8, 4) is 23.0 Å². The number of fused-ring (bicyclic) bond motifs is 2. The second-order valence-electron chi connectivity index (χ2n) is 6.08. The number of benzene rings is 2. The monoisotopic (exact) mass is 360 g/mol. The predicted octanol–water partition coefficient (Wildman–Crippen LogP) is 1.82. The summed E-state index contributed by atoms with van der Waals surface area (Å²) in [4.78, 5) is 32.5. The number of hydrogen-bond donors (Lipinski definition) is 2. The van der Waals surface area contributed by atoms with Crippen LogP contribution in [-0.4, -0.2) is 29.9 Å². The first-order valence-electron chi connectivity index (χ1n) is 8.13. The summed E-state index contributed by atoms with van der Waals surface area (Å²) in [6.45, 7) is 0. The molecule has 0 bridgehead atoms. The van der Waals surface area contributed by atoms with Gasteiger partial charge in [0, 0.05) is 18.0 Å². The van der Waals surface area contributed by atoms with Crippen molar-refractivity contribution in [3.63, 3.8) is 0 Å². The molecule has 0 radical (unpaired) electrons. The molecule has 0 amide bonds. The van der Waals surface area contributed by atoms with Gasteiger partial charge in [-0.2, -0.15) is 10.1 Å². The van der Waals surface area contributed by atoms with Gasteiger partial charge < -0.3 is 14.5 Å². The molecule has 27 heavy (non-hydrogen) atoms. The maximum Gasteiger partial charge on any atom is 0.314 e. The van der Waals surface area contributed by atoms with Gasteiger partial charge in [-0.1, -0.05) is 23.4 Å². The quantitative estimate of drug-likeness (QED) is 0.463. The third kappa shape index (κ3) is 2.36. The summed E-state index contributed by atoms with van der Waals surface area (Å²) in [5, 5.41) is 9.46. The summed E-state index contributed by atoms with van der Waals surface area (Å²) >= 11 is 0. The van der Waals surface area contributed by atoms with Gasteiger partial charge in [0.1, 0.15) is 5.69 Å². The van der Waals surface area contributed by atoms with E-state index in [1.165, 1.54) is 0 Å². The van der Waals surface area contributed by atoms with E-state index < -0.39 is 11.1 Å². The standard InChI is InChI=1S/C18H12N6O3/c1-24-14(10-4-2-3-5-11(10)22-24)15-21-18(27-23-15)9-6-7-12-13(8-9)20-17(26)16(25)19-12/h2-8H,1H3,(H,19,25)(H,20,26). The third-order valence-corrected chi connectivity index (χ3v) is 4.35. The van der Waals surface area contributed by atoms with Crippen LogP contribution in [0.1, 0.15) is 0 Å². The molecule has 132 valence electrons. The Morgan fingerprint density at radius 3 is 2.63 bits per heavy atom. The predicted molar refractivity (Wildman–Crippen MR) is 98.2 cm³/mol. The smallest absolute Gasteiger partial charge is 0.314 e. The van der Waals surface area contributed by atoms with E-state index >= 15 is 0 Å². The number of hydrogen-bond acceptors (Lipinski definition) is 6. The number of aromatic nitrogens is 6. The van der Waals surface area contributed by atoms with E-state index in [1.54, 1.807) is 22.9 Å². The summed E-state index contributed by atoms with van der Waals surface area (Å²) in [7, 11) is 1.82. The van der Waals surface area contributed by atoms with Crippen LogP contribution < -0.4 is 11.1 Å². The van der Waals surface area contributed by atoms with Gasteiger partial charge in [0.05, 0.1) is 16.6 Å². The van der Waals surface area contributed by atoms with Crippen LogP contribution in [0.5, 0.6) is 0 Å². The summed E-state index contributed by atoms with van der Waals surface area (Å²) in [5.74, 6) is 0.709. The molecule has 2 aromatic carbocycles. The largest absolute Gasteiger partial charge is 0.334 e. The van der Waals surface area contributed by atoms with Gasteiger partial charge in [-0.05, 0) is 24.3 Å². The van der Waals surface area contributed by atoms with E-state index in [0.29, 0.717) is 28.3 Å². The highest BCUT2D eigenvalue weighted by atomic mass is 16.5. The molecule has 0 fully saturated rings. The van der Waals surface area contributed by atoms with Crippen molar-refractivity contribution in [2.45, 2.75) is 0 Å². The molecule has 0 aliphatic carbocycles. The van der Waals surface area contributed by atoms with Crippen molar-refractivity contribution in [2.24, 2.45) is 7.05 Å². The summed E-state index contributed by atoms with van der Waals surface area (Å²) in [5.41, 5.74) is 1.79. The van der Waals surface area contributed by atoms with Crippen LogP contribution in [0.15, 0.2) is 56.6 Å². The Labute approximate surface area is 150 Å². The summed E-state index contributed by atoms with van der Waals surface area (Å²) in [6.07, 6.45) is 0. The molecule has 0 atom stereocenters. The fraction of sp³-hybridized carbons (Fsp3) is 0.0556. The van der Waals surface area contributed by atoms with Crippen LogP contribution in [0.3, 0.4) is 0 Å². The van der Waals surface area contributed by atoms with Crippen molar-refractivity contribution >= 4 is 21.9 Å². The Hall–Kier alpha value is -4.01. The van der Waals surface area contributed by atoms with Gasteiger partial charge in [-0.15, -0.1) is 0 Å². The lowest BCUT2D eigenvalue weighted by molar-refractivity contribution is 0.432. The molecule has 0 saturated heterocycles. The zero-order valence-corrected chi connectivity index (χ0v) is 14.1. The molecule has 9 nitrogen and oxygen atoms in total. The average Bonchev–Trinajstić information content (AvgIpc) is 3.25. The number of nitrogens with one attached hydrogen (secondary N) is 2. The maximum absolute atomic E-state index is 11.5. The van der Waals surface area contributed by atoms with E-state index in [0.717, 1.165) is 16.6 Å². The zero-order valence-electron chi connectivity index (χ0n) is 14.1. The number of nitrogens with zero attached hydrogens (tertiary/aromatic N) is 4. The second kappa shape index (κ2) is 5.49. The molecular formula is C18H12N6O3. The van der Waals surface area contributed by atoms with Gasteiger partial charge in [-0.25, -0.2) is 0 Å². The molecular weight excluding hydrogens is 348 g/mol. The Morgan fingerprint density at radius 2 is 1.78 bits per heavy atom. The highest BCUT2D eigenvalue weighted by molar-refractivity contribution is 5.91. The van der Waals surface area contributed by atoms with E-state index in [-0.39, 0.29) is 0 Å². The first kappa shape index (κ1) is 15.3. The minimum Gasteiger partial charge on any atom is -0.334 e. The van der Waals surface area contributed by atoms with Crippen LogP contribution in [0.4, 0.5) is 0 Å². The number of H-pyrrole nitrogens is 2. The van der Waals surface area contributed by atoms with Crippen LogP contribution >= 0.6 is 0 Å². The van der Waals surface area contributed by atoms with Crippen molar-refractivity contribution in [2.75, 3.05) is 0 Å². The van der Waals surface area contributed by atoms with Gasteiger partial charge >= 0.3 is 11.1 Å². The van der Waals surface area contributed by atoms with Gasteiger partial charge in [-0.3, -0.25) is 14.3 Å². The Morgan fingerprint density at radius 1 is 1.00 bits per heavy atom. The molecule has 0 spiro atoms. The SMILES string of the molecule is Cn1nc2ccccc2c1-c1noc(-c2ccc3[nH]c(=O)c(=O)[nH]c3c2)n1. The number of aryl methyl sites for hydroxylation is 1. The Balaban J connectivity index is 1.64. The van der Waals surface area contributed by atoms with Crippen molar-refractivity contribution in [3.05, 3.63) is 63.2 Å². The first-order chi connectivity index (χ1) is 13.1. The molecule has 0 aliphatic rings. The lowest BCUT2D eigenvalue weighted by Crippen LogP contribution is -2.28. The van der Waals surface area contributed by atoms with Crippen molar-refractivity contribution < 1.29 is 4.52 Å². The molecule has 0 unspecified atom stereocenters. The normalized spacial score (nSPS) is 11.4. The molecule has 3 aromatic heterocycles. The summed E-state index contributed by atoms with van der Waals surface area (Å²) < 4.78 is 7.13. The fourth-order valence-corrected chi connectivity index (χ4v) is 3.10. The first-order valence-corrected chi connectivity index (χ1v) is 8.13. The average molecular weight is 360 g/mol. The Kier molecular flexibility index (Phi) is 3.11. The zero-order chi connectivity index (χ0) is 18.5. The van der Waals surface area contributed by atoms with Crippen molar-refractivity contribution in [1.82, 2.24) is 29.9 Å². The second-order valence-corrected chi connectivity index (χ2v) is 6.08. The molecule has 9 heteroatoms. The minimum absolute atomic E-state index is 0.296. The number of rotatable bonds is 2. The van der Waals surface area contributed by atoms with Crippen LogP contribution in [0.25, 0.3) is 44.9 Å². The van der Waals surface area contributed by atoms with Crippen LogP contribution in [0, 0.1) is 0 Å². The lowest BCUT2D eigenvalue weighted by atomic mass is 10.2. The molecule has 0 aliphatic heterocycles. The molecule has 0 saturated carbocycles. The minimum atomic E-state index is -0.716. The number of aromatic amines is 2. The van der Waals surface area contributed by atoms with E-state index in [9.17, 15) is 9.59 Å².